The van der Waals surface area contributed by atoms with Gasteiger partial charge in [-0.1, -0.05) is 23.7 Å². The zero-order valence-corrected chi connectivity index (χ0v) is 13.4. The molecule has 0 bridgehead atoms. The summed E-state index contributed by atoms with van der Waals surface area (Å²) < 4.78 is 0. The highest BCUT2D eigenvalue weighted by Gasteiger charge is 2.16. The lowest BCUT2D eigenvalue weighted by Gasteiger charge is -2.10. The zero-order chi connectivity index (χ0) is 16.1. The number of halogens is 1. The molecule has 0 radical (unpaired) electrons. The highest BCUT2D eigenvalue weighted by Crippen LogP contribution is 2.20. The number of thiophene rings is 1. The zero-order valence-electron chi connectivity index (χ0n) is 11.8. The first kappa shape index (κ1) is 16.5. The molecule has 1 heterocycles. The monoisotopic (exact) mass is 338 g/mol. The number of carbonyl (C=O) groups is 2. The van der Waals surface area contributed by atoms with Crippen molar-refractivity contribution in [3.05, 3.63) is 51.2 Å². The molecule has 22 heavy (non-hydrogen) atoms. The van der Waals surface area contributed by atoms with E-state index in [-0.39, 0.29) is 6.54 Å². The van der Waals surface area contributed by atoms with E-state index >= 15 is 0 Å². The largest absolute Gasteiger partial charge is 0.386 e. The summed E-state index contributed by atoms with van der Waals surface area (Å²) in [7, 11) is 0. The summed E-state index contributed by atoms with van der Waals surface area (Å²) in [6, 6.07) is 8.54. The number of nitrogens with one attached hydrogen (secondary N) is 2. The number of rotatable bonds is 4. The SMILES string of the molecule is Cc1ccc(NC(=O)C(=O)NCC(O)c2cccs2)cc1Cl. The second kappa shape index (κ2) is 7.40. The van der Waals surface area contributed by atoms with E-state index in [4.69, 9.17) is 11.6 Å². The molecule has 1 unspecified atom stereocenters. The van der Waals surface area contributed by atoms with E-state index in [2.05, 4.69) is 10.6 Å². The van der Waals surface area contributed by atoms with Crippen molar-refractivity contribution >= 4 is 40.4 Å². The summed E-state index contributed by atoms with van der Waals surface area (Å²) in [6.07, 6.45) is -0.828. The third kappa shape index (κ3) is 4.30. The highest BCUT2D eigenvalue weighted by atomic mass is 35.5. The van der Waals surface area contributed by atoms with Crippen LogP contribution in [0, 0.1) is 6.92 Å². The van der Waals surface area contributed by atoms with Gasteiger partial charge in [0.05, 0.1) is 0 Å². The average molecular weight is 339 g/mol. The number of amides is 2. The molecule has 2 aromatic rings. The topological polar surface area (TPSA) is 78.4 Å². The minimum Gasteiger partial charge on any atom is -0.386 e. The Labute approximate surface area is 136 Å². The van der Waals surface area contributed by atoms with Gasteiger partial charge in [-0.25, -0.2) is 0 Å². The molecule has 0 aliphatic heterocycles. The summed E-state index contributed by atoms with van der Waals surface area (Å²) >= 11 is 7.33. The van der Waals surface area contributed by atoms with Crippen molar-refractivity contribution in [1.29, 1.82) is 0 Å². The number of aliphatic hydroxyl groups is 1. The molecule has 1 aromatic heterocycles. The minimum absolute atomic E-state index is 0.0264. The predicted octanol–water partition coefficient (Wildman–Crippen LogP) is 2.50. The summed E-state index contributed by atoms with van der Waals surface area (Å²) in [6.45, 7) is 1.81. The molecule has 1 aromatic carbocycles. The quantitative estimate of drug-likeness (QED) is 0.749. The molecule has 0 spiro atoms. The first-order valence-electron chi connectivity index (χ1n) is 6.54. The van der Waals surface area contributed by atoms with Gasteiger partial charge in [-0.15, -0.1) is 11.3 Å². The number of hydrogen-bond donors (Lipinski definition) is 3. The van der Waals surface area contributed by atoms with Gasteiger partial charge in [0.25, 0.3) is 0 Å². The van der Waals surface area contributed by atoms with E-state index in [9.17, 15) is 14.7 Å². The number of benzene rings is 1. The molecule has 0 aliphatic rings. The van der Waals surface area contributed by atoms with Crippen LogP contribution < -0.4 is 10.6 Å². The van der Waals surface area contributed by atoms with Gasteiger partial charge in [-0.3, -0.25) is 9.59 Å². The maximum absolute atomic E-state index is 11.8. The molecule has 5 nitrogen and oxygen atoms in total. The molecular weight excluding hydrogens is 324 g/mol. The Morgan fingerprint density at radius 3 is 2.73 bits per heavy atom. The summed E-state index contributed by atoms with van der Waals surface area (Å²) in [5.41, 5.74) is 1.32. The Balaban J connectivity index is 1.86. The number of aryl methyl sites for hydroxylation is 1. The Bertz CT molecular complexity index is 673. The standard InChI is InChI=1S/C15H15ClN2O3S/c1-9-4-5-10(7-11(9)16)18-15(21)14(20)17-8-12(19)13-3-2-6-22-13/h2-7,12,19H,8H2,1H3,(H,17,20)(H,18,21). The normalized spacial score (nSPS) is 11.8. The summed E-state index contributed by atoms with van der Waals surface area (Å²) in [5, 5.41) is 17.0. The molecule has 116 valence electrons. The van der Waals surface area contributed by atoms with Crippen molar-refractivity contribution in [2.45, 2.75) is 13.0 Å². The molecule has 0 saturated heterocycles. The van der Waals surface area contributed by atoms with E-state index in [1.807, 2.05) is 12.3 Å². The van der Waals surface area contributed by atoms with Gasteiger partial charge in [0.15, 0.2) is 0 Å². The van der Waals surface area contributed by atoms with E-state index in [1.165, 1.54) is 11.3 Å². The number of carbonyl (C=O) groups excluding carboxylic acids is 2. The maximum atomic E-state index is 11.8. The second-order valence-electron chi connectivity index (χ2n) is 4.66. The molecule has 2 rings (SSSR count). The fraction of sp³-hybridized carbons (Fsp3) is 0.200. The van der Waals surface area contributed by atoms with Crippen molar-refractivity contribution in [2.24, 2.45) is 0 Å². The Kier molecular flexibility index (Phi) is 5.54. The van der Waals surface area contributed by atoms with Crippen molar-refractivity contribution in [3.63, 3.8) is 0 Å². The van der Waals surface area contributed by atoms with E-state index in [0.717, 1.165) is 10.4 Å². The molecule has 0 fully saturated rings. The highest BCUT2D eigenvalue weighted by molar-refractivity contribution is 7.10. The van der Waals surface area contributed by atoms with E-state index in [0.29, 0.717) is 10.7 Å². The van der Waals surface area contributed by atoms with Crippen molar-refractivity contribution in [2.75, 3.05) is 11.9 Å². The summed E-state index contributed by atoms with van der Waals surface area (Å²) in [4.78, 5) is 24.2. The molecule has 0 aliphatic carbocycles. The van der Waals surface area contributed by atoms with Crippen LogP contribution in [0.1, 0.15) is 16.5 Å². The van der Waals surface area contributed by atoms with Crippen LogP contribution in [0.5, 0.6) is 0 Å². The number of hydrogen-bond acceptors (Lipinski definition) is 4. The van der Waals surface area contributed by atoms with Gasteiger partial charge in [0.1, 0.15) is 6.10 Å². The predicted molar refractivity (Wildman–Crippen MR) is 87.1 cm³/mol. The van der Waals surface area contributed by atoms with Crippen LogP contribution in [0.4, 0.5) is 5.69 Å². The Morgan fingerprint density at radius 1 is 1.32 bits per heavy atom. The Morgan fingerprint density at radius 2 is 2.09 bits per heavy atom. The molecule has 2 amide bonds. The van der Waals surface area contributed by atoms with Crippen LogP contribution in [0.15, 0.2) is 35.7 Å². The molecule has 1 atom stereocenters. The van der Waals surface area contributed by atoms with Crippen LogP contribution in [0.3, 0.4) is 0 Å². The van der Waals surface area contributed by atoms with Crippen molar-refractivity contribution in [3.8, 4) is 0 Å². The molecular formula is C15H15ClN2O3S. The maximum Gasteiger partial charge on any atom is 0.313 e. The van der Waals surface area contributed by atoms with Gasteiger partial charge >= 0.3 is 11.8 Å². The Hall–Kier alpha value is -1.89. The van der Waals surface area contributed by atoms with Gasteiger partial charge in [-0.05, 0) is 36.1 Å². The summed E-state index contributed by atoms with van der Waals surface area (Å²) in [5.74, 6) is -1.62. The minimum atomic E-state index is -0.828. The van der Waals surface area contributed by atoms with Gasteiger partial charge < -0.3 is 15.7 Å². The average Bonchev–Trinajstić information content (AvgIpc) is 3.02. The second-order valence-corrected chi connectivity index (χ2v) is 6.05. The van der Waals surface area contributed by atoms with Crippen molar-refractivity contribution < 1.29 is 14.7 Å². The van der Waals surface area contributed by atoms with Crippen LogP contribution in [0.2, 0.25) is 5.02 Å². The van der Waals surface area contributed by atoms with Crippen LogP contribution in [-0.2, 0) is 9.59 Å². The first-order valence-corrected chi connectivity index (χ1v) is 7.80. The van der Waals surface area contributed by atoms with Gasteiger partial charge in [0.2, 0.25) is 0 Å². The third-order valence-electron chi connectivity index (χ3n) is 2.96. The van der Waals surface area contributed by atoms with Crippen LogP contribution in [-0.4, -0.2) is 23.5 Å². The number of aliphatic hydroxyl groups excluding tert-OH is 1. The van der Waals surface area contributed by atoms with Crippen LogP contribution >= 0.6 is 22.9 Å². The smallest absolute Gasteiger partial charge is 0.313 e. The fourth-order valence-electron chi connectivity index (χ4n) is 1.71. The molecule has 0 saturated carbocycles. The fourth-order valence-corrected chi connectivity index (χ4v) is 2.60. The van der Waals surface area contributed by atoms with E-state index in [1.54, 1.807) is 30.3 Å². The molecule has 3 N–H and O–H groups in total. The first-order chi connectivity index (χ1) is 10.5. The van der Waals surface area contributed by atoms with Crippen LogP contribution in [0.25, 0.3) is 0 Å². The third-order valence-corrected chi connectivity index (χ3v) is 4.34. The lowest BCUT2D eigenvalue weighted by atomic mass is 10.2. The van der Waals surface area contributed by atoms with E-state index < -0.39 is 17.9 Å². The lowest BCUT2D eigenvalue weighted by Crippen LogP contribution is -2.37. The number of anilines is 1. The molecule has 7 heteroatoms. The van der Waals surface area contributed by atoms with Crippen molar-refractivity contribution in [1.82, 2.24) is 5.32 Å². The van der Waals surface area contributed by atoms with Gasteiger partial charge in [-0.2, -0.15) is 0 Å². The van der Waals surface area contributed by atoms with Gasteiger partial charge in [0, 0.05) is 22.1 Å². The lowest BCUT2D eigenvalue weighted by molar-refractivity contribution is -0.136.